The van der Waals surface area contributed by atoms with E-state index in [4.69, 9.17) is 0 Å². The lowest BCUT2D eigenvalue weighted by atomic mass is 10.1. The molecule has 1 rings (SSSR count). The minimum atomic E-state index is -0.149. The van der Waals surface area contributed by atoms with Crippen molar-refractivity contribution in [1.82, 2.24) is 4.90 Å². The van der Waals surface area contributed by atoms with Gasteiger partial charge >= 0.3 is 0 Å². The van der Waals surface area contributed by atoms with Crippen LogP contribution in [0, 0.1) is 0 Å². The lowest BCUT2D eigenvalue weighted by Gasteiger charge is -2.34. The highest BCUT2D eigenvalue weighted by Crippen LogP contribution is 2.24. The summed E-state index contributed by atoms with van der Waals surface area (Å²) < 4.78 is 0. The highest BCUT2D eigenvalue weighted by molar-refractivity contribution is 7.39. The smallest absolute Gasteiger partial charge is 0.153 e. The average Bonchev–Trinajstić information content (AvgIpc) is 2.21. The zero-order valence-electron chi connectivity index (χ0n) is 8.99. The molecule has 1 aliphatic rings. The van der Waals surface area contributed by atoms with Crippen LogP contribution in [-0.2, 0) is 4.79 Å². The van der Waals surface area contributed by atoms with Crippen LogP contribution in [0.5, 0.6) is 0 Å². The Labute approximate surface area is 87.6 Å². The first-order chi connectivity index (χ1) is 6.69. The Morgan fingerprint density at radius 2 is 2.14 bits per heavy atom. The molecule has 0 radical (unpaired) electrons. The summed E-state index contributed by atoms with van der Waals surface area (Å²) in [5.74, 6) is 0.467. The lowest BCUT2D eigenvalue weighted by Crippen LogP contribution is -2.44. The summed E-state index contributed by atoms with van der Waals surface area (Å²) in [4.78, 5) is 13.9. The molecule has 2 unspecified atom stereocenters. The van der Waals surface area contributed by atoms with Crippen molar-refractivity contribution in [2.75, 3.05) is 19.8 Å². The highest BCUT2D eigenvalue weighted by atomic mass is 31.1. The van der Waals surface area contributed by atoms with E-state index in [0.29, 0.717) is 20.8 Å². The Kier molecular flexibility index (Phi) is 5.00. The molecule has 0 aromatic carbocycles. The van der Waals surface area contributed by atoms with Gasteiger partial charge in [-0.15, -0.1) is 0 Å². The fraction of sp³-hybridized carbons (Fsp3) is 0.900. The topological polar surface area (TPSA) is 40.5 Å². The molecule has 4 heteroatoms. The first-order valence-electron chi connectivity index (χ1n) is 5.31. The molecule has 1 fully saturated rings. The van der Waals surface area contributed by atoms with Gasteiger partial charge in [-0.05, 0) is 19.5 Å². The van der Waals surface area contributed by atoms with E-state index in [2.05, 4.69) is 11.6 Å². The summed E-state index contributed by atoms with van der Waals surface area (Å²) in [6.07, 6.45) is 2.12. The van der Waals surface area contributed by atoms with Gasteiger partial charge in [-0.2, -0.15) is 0 Å². The first-order valence-corrected chi connectivity index (χ1v) is 6.88. The van der Waals surface area contributed by atoms with Gasteiger partial charge in [0.15, 0.2) is 5.78 Å². The molecule has 2 atom stereocenters. The Balaban J connectivity index is 2.48. The van der Waals surface area contributed by atoms with Crippen molar-refractivity contribution in [2.45, 2.75) is 38.1 Å². The second-order valence-electron chi connectivity index (χ2n) is 3.78. The maximum atomic E-state index is 11.6. The summed E-state index contributed by atoms with van der Waals surface area (Å²) >= 11 is 0. The summed E-state index contributed by atoms with van der Waals surface area (Å²) in [6.45, 7) is 5.76. The minimum Gasteiger partial charge on any atom is -0.393 e. The zero-order valence-corrected chi connectivity index (χ0v) is 9.99. The molecule has 1 saturated heterocycles. The quantitative estimate of drug-likeness (QED) is 0.716. The van der Waals surface area contributed by atoms with Gasteiger partial charge in [-0.25, -0.2) is 0 Å². The molecule has 1 heterocycles. The van der Waals surface area contributed by atoms with E-state index in [1.807, 2.05) is 6.92 Å². The third-order valence-corrected chi connectivity index (χ3v) is 4.03. The standard InChI is InChI=1S/C10H20NO2P/c1-3-9(13)10(14-2)11-6-4-8(12)5-7-11/h8,10,12,14H,3-7H2,1-2H3. The van der Waals surface area contributed by atoms with E-state index in [9.17, 15) is 9.90 Å². The van der Waals surface area contributed by atoms with Gasteiger partial charge in [0.05, 0.1) is 11.9 Å². The predicted molar refractivity (Wildman–Crippen MR) is 60.1 cm³/mol. The van der Waals surface area contributed by atoms with Crippen LogP contribution in [0.4, 0.5) is 0 Å². The monoisotopic (exact) mass is 217 g/mol. The van der Waals surface area contributed by atoms with Crippen molar-refractivity contribution < 1.29 is 9.90 Å². The van der Waals surface area contributed by atoms with Gasteiger partial charge in [0.1, 0.15) is 0 Å². The van der Waals surface area contributed by atoms with Crippen molar-refractivity contribution in [1.29, 1.82) is 0 Å². The second-order valence-corrected chi connectivity index (χ2v) is 4.90. The molecular weight excluding hydrogens is 197 g/mol. The number of aliphatic hydroxyl groups excluding tert-OH is 1. The second kappa shape index (κ2) is 5.79. The van der Waals surface area contributed by atoms with E-state index in [1.165, 1.54) is 0 Å². The predicted octanol–water partition coefficient (Wildman–Crippen LogP) is 1.06. The molecule has 82 valence electrons. The van der Waals surface area contributed by atoms with Crippen LogP contribution < -0.4 is 0 Å². The number of Topliss-reactive ketones (excluding diaryl/α,β-unsaturated/α-hetero) is 1. The number of ketones is 1. The maximum absolute atomic E-state index is 11.6. The largest absolute Gasteiger partial charge is 0.393 e. The van der Waals surface area contributed by atoms with E-state index >= 15 is 0 Å². The zero-order chi connectivity index (χ0) is 10.6. The summed E-state index contributed by atoms with van der Waals surface area (Å²) in [7, 11) is 0.654. The number of hydrogen-bond donors (Lipinski definition) is 1. The van der Waals surface area contributed by atoms with Crippen LogP contribution in [0.3, 0.4) is 0 Å². The lowest BCUT2D eigenvalue weighted by molar-refractivity contribution is -0.121. The van der Waals surface area contributed by atoms with Crippen molar-refractivity contribution in [3.05, 3.63) is 0 Å². The van der Waals surface area contributed by atoms with Gasteiger partial charge < -0.3 is 5.11 Å². The van der Waals surface area contributed by atoms with E-state index in [0.717, 1.165) is 25.9 Å². The molecule has 0 aromatic rings. The molecule has 0 aromatic heterocycles. The van der Waals surface area contributed by atoms with E-state index in [1.54, 1.807) is 0 Å². The number of nitrogens with zero attached hydrogens (tertiary/aromatic N) is 1. The maximum Gasteiger partial charge on any atom is 0.153 e. The van der Waals surface area contributed by atoms with Crippen LogP contribution in [-0.4, -0.2) is 47.4 Å². The van der Waals surface area contributed by atoms with Crippen LogP contribution in [0.25, 0.3) is 0 Å². The molecule has 0 spiro atoms. The number of aliphatic hydroxyl groups is 1. The van der Waals surface area contributed by atoms with E-state index < -0.39 is 0 Å². The molecule has 3 nitrogen and oxygen atoms in total. The number of rotatable bonds is 4. The highest BCUT2D eigenvalue weighted by Gasteiger charge is 2.26. The summed E-state index contributed by atoms with van der Waals surface area (Å²) in [5, 5.41) is 9.37. The van der Waals surface area contributed by atoms with Crippen molar-refractivity contribution in [3.63, 3.8) is 0 Å². The Bertz CT molecular complexity index is 191. The number of carbonyl (C=O) groups is 1. The first kappa shape index (κ1) is 12.1. The van der Waals surface area contributed by atoms with Crippen LogP contribution in [0.1, 0.15) is 26.2 Å². The van der Waals surface area contributed by atoms with Crippen molar-refractivity contribution in [2.24, 2.45) is 0 Å². The Hall–Kier alpha value is 0.0200. The third kappa shape index (κ3) is 3.01. The van der Waals surface area contributed by atoms with Crippen molar-refractivity contribution in [3.8, 4) is 0 Å². The van der Waals surface area contributed by atoms with Gasteiger partial charge in [-0.3, -0.25) is 9.69 Å². The summed E-state index contributed by atoms with van der Waals surface area (Å²) in [5.41, 5.74) is 0. The average molecular weight is 217 g/mol. The van der Waals surface area contributed by atoms with Crippen LogP contribution in [0.2, 0.25) is 0 Å². The van der Waals surface area contributed by atoms with Crippen LogP contribution in [0.15, 0.2) is 0 Å². The van der Waals surface area contributed by atoms with Gasteiger partial charge in [0.2, 0.25) is 0 Å². The SMILES string of the molecule is CCC(=O)C(PC)N1CCC(O)CC1. The fourth-order valence-corrected chi connectivity index (χ4v) is 3.03. The number of likely N-dealkylation sites (tertiary alicyclic amines) is 1. The van der Waals surface area contributed by atoms with Gasteiger partial charge in [-0.1, -0.05) is 15.5 Å². The fourth-order valence-electron chi connectivity index (χ4n) is 1.88. The Morgan fingerprint density at radius 3 is 2.57 bits per heavy atom. The molecule has 0 aliphatic carbocycles. The third-order valence-electron chi connectivity index (χ3n) is 2.79. The van der Waals surface area contributed by atoms with Crippen molar-refractivity contribution >= 4 is 14.4 Å². The van der Waals surface area contributed by atoms with Crippen LogP contribution >= 0.6 is 8.58 Å². The van der Waals surface area contributed by atoms with E-state index in [-0.39, 0.29) is 11.9 Å². The Morgan fingerprint density at radius 1 is 1.57 bits per heavy atom. The molecule has 1 N–H and O–H groups in total. The normalized spacial score (nSPS) is 23.1. The number of carbonyl (C=O) groups excluding carboxylic acids is 1. The molecule has 0 amide bonds. The van der Waals surface area contributed by atoms with Gasteiger partial charge in [0.25, 0.3) is 0 Å². The number of piperidine rings is 1. The molecule has 1 aliphatic heterocycles. The molecule has 14 heavy (non-hydrogen) atoms. The summed E-state index contributed by atoms with van der Waals surface area (Å²) in [6, 6.07) is 0. The molecule has 0 bridgehead atoms. The van der Waals surface area contributed by atoms with Gasteiger partial charge in [0, 0.05) is 19.5 Å². The minimum absolute atomic E-state index is 0.118. The molecule has 0 saturated carbocycles. The number of hydrogen-bond acceptors (Lipinski definition) is 3. The molecular formula is C10H20NO2P.